The van der Waals surface area contributed by atoms with Crippen molar-refractivity contribution in [1.82, 2.24) is 4.90 Å². The highest BCUT2D eigenvalue weighted by molar-refractivity contribution is 6.06. The average Bonchev–Trinajstić information content (AvgIpc) is 2.80. The molecular weight excluding hydrogens is 260 g/mol. The van der Waals surface area contributed by atoms with E-state index in [9.17, 15) is 14.4 Å². The molecule has 106 valence electrons. The molecule has 1 aliphatic heterocycles. The highest BCUT2D eigenvalue weighted by atomic mass is 16.4. The number of rotatable bonds is 3. The third kappa shape index (κ3) is 2.49. The third-order valence-corrected chi connectivity index (χ3v) is 3.31. The fourth-order valence-electron chi connectivity index (χ4n) is 2.24. The number of aliphatic carboxylic acids is 1. The summed E-state index contributed by atoms with van der Waals surface area (Å²) in [6.45, 7) is 0.103. The fourth-order valence-corrected chi connectivity index (χ4v) is 2.24. The molecule has 1 atom stereocenters. The molecule has 6 nitrogen and oxygen atoms in total. The summed E-state index contributed by atoms with van der Waals surface area (Å²) in [6, 6.07) is 6.75. The molecule has 0 saturated carbocycles. The first kappa shape index (κ1) is 14.0. The summed E-state index contributed by atoms with van der Waals surface area (Å²) in [4.78, 5) is 37.9. The van der Waals surface area contributed by atoms with Gasteiger partial charge in [-0.15, -0.1) is 0 Å². The Morgan fingerprint density at radius 1 is 1.30 bits per heavy atom. The molecule has 0 spiro atoms. The van der Waals surface area contributed by atoms with Crippen molar-refractivity contribution in [2.75, 3.05) is 25.5 Å². The summed E-state index contributed by atoms with van der Waals surface area (Å²) in [5, 5.41) is 9.01. The molecule has 0 aliphatic carbocycles. The fraction of sp³-hybridized carbons (Fsp3) is 0.357. The Bertz CT molecular complexity index is 568. The van der Waals surface area contributed by atoms with Crippen molar-refractivity contribution in [3.05, 3.63) is 29.8 Å². The lowest BCUT2D eigenvalue weighted by molar-refractivity contribution is -0.141. The van der Waals surface area contributed by atoms with Gasteiger partial charge in [0.1, 0.15) is 0 Å². The zero-order chi connectivity index (χ0) is 14.9. The number of hydrogen-bond donors (Lipinski definition) is 1. The molecule has 1 unspecified atom stereocenters. The molecule has 2 amide bonds. The van der Waals surface area contributed by atoms with E-state index >= 15 is 0 Å². The van der Waals surface area contributed by atoms with E-state index in [1.807, 2.05) is 0 Å². The van der Waals surface area contributed by atoms with Gasteiger partial charge in [0.15, 0.2) is 0 Å². The van der Waals surface area contributed by atoms with Gasteiger partial charge in [-0.1, -0.05) is 12.1 Å². The predicted molar refractivity (Wildman–Crippen MR) is 72.6 cm³/mol. The van der Waals surface area contributed by atoms with Gasteiger partial charge in [-0.3, -0.25) is 14.4 Å². The topological polar surface area (TPSA) is 77.9 Å². The quantitative estimate of drug-likeness (QED) is 0.886. The summed E-state index contributed by atoms with van der Waals surface area (Å²) in [7, 11) is 3.26. The summed E-state index contributed by atoms with van der Waals surface area (Å²) in [6.07, 6.45) is -0.0280. The second kappa shape index (κ2) is 5.32. The van der Waals surface area contributed by atoms with Gasteiger partial charge in [-0.2, -0.15) is 0 Å². The van der Waals surface area contributed by atoms with Crippen molar-refractivity contribution >= 4 is 23.5 Å². The summed E-state index contributed by atoms with van der Waals surface area (Å²) in [5.41, 5.74) is 0.872. The molecular formula is C14H16N2O4. The van der Waals surface area contributed by atoms with Crippen LogP contribution in [0.15, 0.2) is 24.3 Å². The lowest BCUT2D eigenvalue weighted by Gasteiger charge is -2.21. The van der Waals surface area contributed by atoms with Gasteiger partial charge < -0.3 is 14.9 Å². The minimum absolute atomic E-state index is 0.0280. The van der Waals surface area contributed by atoms with Gasteiger partial charge in [0.25, 0.3) is 5.91 Å². The van der Waals surface area contributed by atoms with Crippen molar-refractivity contribution in [1.29, 1.82) is 0 Å². The van der Waals surface area contributed by atoms with Gasteiger partial charge in [-0.25, -0.2) is 0 Å². The van der Waals surface area contributed by atoms with Crippen LogP contribution in [0, 0.1) is 5.92 Å². The number of anilines is 1. The number of nitrogens with zero attached hydrogens (tertiary/aromatic N) is 2. The van der Waals surface area contributed by atoms with Crippen molar-refractivity contribution < 1.29 is 19.5 Å². The minimum Gasteiger partial charge on any atom is -0.481 e. The van der Waals surface area contributed by atoms with Crippen LogP contribution in [-0.2, 0) is 9.59 Å². The van der Waals surface area contributed by atoms with E-state index in [4.69, 9.17) is 5.11 Å². The standard InChI is InChI=1S/C14H16N2O4/c1-15(2)13(18)10-5-3-4-6-11(10)16-8-9(14(19)20)7-12(16)17/h3-6,9H,7-8H2,1-2H3,(H,19,20). The van der Waals surface area contributed by atoms with Crippen LogP contribution < -0.4 is 4.90 Å². The Morgan fingerprint density at radius 2 is 1.95 bits per heavy atom. The van der Waals surface area contributed by atoms with Crippen molar-refractivity contribution in [2.24, 2.45) is 5.92 Å². The van der Waals surface area contributed by atoms with Crippen LogP contribution in [0.25, 0.3) is 0 Å². The largest absolute Gasteiger partial charge is 0.481 e. The molecule has 1 saturated heterocycles. The third-order valence-electron chi connectivity index (χ3n) is 3.31. The molecule has 0 aromatic heterocycles. The molecule has 1 heterocycles. The smallest absolute Gasteiger partial charge is 0.308 e. The number of benzene rings is 1. The summed E-state index contributed by atoms with van der Waals surface area (Å²) in [5.74, 6) is -2.19. The monoisotopic (exact) mass is 276 g/mol. The number of carboxylic acids is 1. The van der Waals surface area contributed by atoms with Crippen LogP contribution in [0.3, 0.4) is 0 Å². The molecule has 1 aromatic rings. The van der Waals surface area contributed by atoms with Gasteiger partial charge >= 0.3 is 5.97 Å². The van der Waals surface area contributed by atoms with E-state index in [1.54, 1.807) is 38.4 Å². The molecule has 20 heavy (non-hydrogen) atoms. The van der Waals surface area contributed by atoms with Crippen molar-refractivity contribution in [3.63, 3.8) is 0 Å². The van der Waals surface area contributed by atoms with Crippen LogP contribution in [-0.4, -0.2) is 48.4 Å². The second-order valence-electron chi connectivity index (χ2n) is 4.96. The second-order valence-corrected chi connectivity index (χ2v) is 4.96. The number of carbonyl (C=O) groups excluding carboxylic acids is 2. The van der Waals surface area contributed by atoms with Crippen molar-refractivity contribution in [2.45, 2.75) is 6.42 Å². The molecule has 2 rings (SSSR count). The Morgan fingerprint density at radius 3 is 2.50 bits per heavy atom. The lowest BCUT2D eigenvalue weighted by Crippen LogP contribution is -2.30. The number of carbonyl (C=O) groups is 3. The van der Waals surface area contributed by atoms with E-state index in [0.717, 1.165) is 0 Å². The number of carboxylic acid groups (broad SMARTS) is 1. The molecule has 1 aromatic carbocycles. The minimum atomic E-state index is -0.989. The van der Waals surface area contributed by atoms with Crippen LogP contribution in [0.5, 0.6) is 0 Å². The lowest BCUT2D eigenvalue weighted by atomic mass is 10.1. The van der Waals surface area contributed by atoms with E-state index in [2.05, 4.69) is 0 Å². The Balaban J connectivity index is 2.36. The Kier molecular flexibility index (Phi) is 3.74. The van der Waals surface area contributed by atoms with Crippen LogP contribution >= 0.6 is 0 Å². The predicted octanol–water partition coefficient (Wildman–Crippen LogP) is 0.826. The van der Waals surface area contributed by atoms with Crippen LogP contribution in [0.4, 0.5) is 5.69 Å². The number of para-hydroxylation sites is 1. The first-order valence-corrected chi connectivity index (χ1v) is 6.25. The van der Waals surface area contributed by atoms with Crippen molar-refractivity contribution in [3.8, 4) is 0 Å². The van der Waals surface area contributed by atoms with Gasteiger partial charge in [0.2, 0.25) is 5.91 Å². The molecule has 0 bridgehead atoms. The molecule has 1 aliphatic rings. The highest BCUT2D eigenvalue weighted by Crippen LogP contribution is 2.28. The maximum absolute atomic E-state index is 12.1. The van der Waals surface area contributed by atoms with Crippen LogP contribution in [0.2, 0.25) is 0 Å². The Hall–Kier alpha value is -2.37. The first-order valence-electron chi connectivity index (χ1n) is 6.25. The molecule has 1 N–H and O–H groups in total. The van der Waals surface area contributed by atoms with Gasteiger partial charge in [0.05, 0.1) is 17.2 Å². The maximum atomic E-state index is 12.1. The zero-order valence-electron chi connectivity index (χ0n) is 11.4. The van der Waals surface area contributed by atoms with Crippen LogP contribution in [0.1, 0.15) is 16.8 Å². The van der Waals surface area contributed by atoms with Gasteiger partial charge in [-0.05, 0) is 12.1 Å². The Labute approximate surface area is 116 Å². The van der Waals surface area contributed by atoms with E-state index in [1.165, 1.54) is 9.80 Å². The van der Waals surface area contributed by atoms with E-state index < -0.39 is 11.9 Å². The molecule has 1 fully saturated rings. The maximum Gasteiger partial charge on any atom is 0.308 e. The van der Waals surface area contributed by atoms with E-state index in [-0.39, 0.29) is 24.8 Å². The number of hydrogen-bond acceptors (Lipinski definition) is 3. The normalized spacial score (nSPS) is 18.2. The number of amides is 2. The average molecular weight is 276 g/mol. The molecule has 0 radical (unpaired) electrons. The molecule has 6 heteroatoms. The van der Waals surface area contributed by atoms with Gasteiger partial charge in [0, 0.05) is 27.1 Å². The van der Waals surface area contributed by atoms with E-state index in [0.29, 0.717) is 11.3 Å². The summed E-state index contributed by atoms with van der Waals surface area (Å²) < 4.78 is 0. The SMILES string of the molecule is CN(C)C(=O)c1ccccc1N1CC(C(=O)O)CC1=O. The highest BCUT2D eigenvalue weighted by Gasteiger charge is 2.36. The first-order chi connectivity index (χ1) is 9.41. The summed E-state index contributed by atoms with van der Waals surface area (Å²) >= 11 is 0. The zero-order valence-corrected chi connectivity index (χ0v) is 11.4.